The summed E-state index contributed by atoms with van der Waals surface area (Å²) in [5, 5.41) is 3.00. The third kappa shape index (κ3) is 6.10. The molecule has 2 aliphatic rings. The van der Waals surface area contributed by atoms with Crippen LogP contribution in [0.25, 0.3) is 0 Å². The molecular weight excluding hydrogens is 460 g/mol. The number of hydrogen-bond acceptors (Lipinski definition) is 5. The number of rotatable bonds is 7. The van der Waals surface area contributed by atoms with Crippen LogP contribution < -0.4 is 5.32 Å². The van der Waals surface area contributed by atoms with Crippen LogP contribution in [0.4, 0.5) is 5.69 Å². The van der Waals surface area contributed by atoms with Crippen LogP contribution in [0.2, 0.25) is 0 Å². The van der Waals surface area contributed by atoms with Crippen LogP contribution in [0.15, 0.2) is 53.4 Å². The minimum absolute atomic E-state index is 0.0323. The van der Waals surface area contributed by atoms with E-state index in [4.69, 9.17) is 0 Å². The number of nitrogens with one attached hydrogen (secondary N) is 1. The van der Waals surface area contributed by atoms with Crippen molar-refractivity contribution in [3.63, 3.8) is 0 Å². The van der Waals surface area contributed by atoms with E-state index < -0.39 is 10.0 Å². The highest BCUT2D eigenvalue weighted by Crippen LogP contribution is 2.45. The molecule has 0 unspecified atom stereocenters. The van der Waals surface area contributed by atoms with Gasteiger partial charge in [0.2, 0.25) is 15.9 Å². The third-order valence-corrected chi connectivity index (χ3v) is 10.8. The number of carbonyl (C=O) groups excluding carboxylic acids is 1. The Morgan fingerprint density at radius 1 is 0.969 bits per heavy atom. The highest BCUT2D eigenvalue weighted by atomic mass is 32.2. The topological polar surface area (TPSA) is 66.5 Å². The van der Waals surface area contributed by atoms with Gasteiger partial charge in [-0.3, -0.25) is 4.79 Å². The maximum absolute atomic E-state index is 12.9. The van der Waals surface area contributed by atoms with E-state index in [1.807, 2.05) is 47.8 Å². The van der Waals surface area contributed by atoms with Crippen molar-refractivity contribution >= 4 is 45.1 Å². The lowest BCUT2D eigenvalue weighted by molar-refractivity contribution is -0.116. The normalized spacial score (nSPS) is 18.4. The summed E-state index contributed by atoms with van der Waals surface area (Å²) in [6, 6.07) is 15.1. The molecule has 1 amide bonds. The predicted octanol–water partition coefficient (Wildman–Crippen LogP) is 5.30. The summed E-state index contributed by atoms with van der Waals surface area (Å²) in [5.41, 5.74) is 3.04. The Hall–Kier alpha value is -1.48. The van der Waals surface area contributed by atoms with Crippen LogP contribution in [0.5, 0.6) is 0 Å². The molecule has 2 aromatic rings. The molecule has 0 bridgehead atoms. The zero-order valence-corrected chi connectivity index (χ0v) is 20.6. The van der Waals surface area contributed by atoms with Crippen molar-refractivity contribution in [1.29, 1.82) is 0 Å². The van der Waals surface area contributed by atoms with Crippen molar-refractivity contribution in [2.24, 2.45) is 0 Å². The third-order valence-electron chi connectivity index (χ3n) is 5.83. The lowest BCUT2D eigenvalue weighted by Gasteiger charge is -2.20. The molecule has 2 aromatic carbocycles. The Balaban J connectivity index is 1.31. The number of sulfonamides is 1. The molecule has 0 radical (unpaired) electrons. The monoisotopic (exact) mass is 490 g/mol. The average molecular weight is 491 g/mol. The minimum atomic E-state index is -3.43. The number of aryl methyl sites for hydroxylation is 1. The van der Waals surface area contributed by atoms with Gasteiger partial charge in [0, 0.05) is 36.7 Å². The molecule has 2 heterocycles. The fourth-order valence-electron chi connectivity index (χ4n) is 4.05. The van der Waals surface area contributed by atoms with Crippen LogP contribution in [0, 0.1) is 0 Å². The first-order valence-electron chi connectivity index (χ1n) is 11.2. The van der Waals surface area contributed by atoms with Gasteiger partial charge in [0.25, 0.3) is 0 Å². The van der Waals surface area contributed by atoms with Crippen LogP contribution in [-0.4, -0.2) is 43.2 Å². The number of amides is 1. The fraction of sp³-hybridized carbons (Fsp3) is 0.458. The first kappa shape index (κ1) is 23.7. The second-order valence-electron chi connectivity index (χ2n) is 8.21. The standard InChI is InChI=1S/C24H30N2O3S3/c27-23(25-21-7-5-6-20(18-21)24-30-16-17-31-24)13-10-19-8-11-22(12-9-19)32(28,29)26-14-3-1-2-4-15-26/h5-9,11-12,18,24H,1-4,10,13-17H2,(H,25,27). The highest BCUT2D eigenvalue weighted by molar-refractivity contribution is 8.19. The van der Waals surface area contributed by atoms with E-state index in [1.54, 1.807) is 16.4 Å². The van der Waals surface area contributed by atoms with Crippen molar-refractivity contribution < 1.29 is 13.2 Å². The summed E-state index contributed by atoms with van der Waals surface area (Å²) in [5.74, 6) is 2.31. The zero-order valence-electron chi connectivity index (χ0n) is 18.2. The smallest absolute Gasteiger partial charge is 0.243 e. The summed E-state index contributed by atoms with van der Waals surface area (Å²) < 4.78 is 27.9. The second kappa shape index (κ2) is 11.1. The Labute approximate surface area is 199 Å². The van der Waals surface area contributed by atoms with Crippen LogP contribution in [-0.2, 0) is 21.2 Å². The van der Waals surface area contributed by atoms with E-state index in [9.17, 15) is 13.2 Å². The van der Waals surface area contributed by atoms with E-state index in [1.165, 1.54) is 17.1 Å². The first-order chi connectivity index (χ1) is 15.5. The van der Waals surface area contributed by atoms with Crippen molar-refractivity contribution in [2.45, 2.75) is 48.0 Å². The Morgan fingerprint density at radius 3 is 2.34 bits per heavy atom. The molecule has 2 fully saturated rings. The molecule has 1 N–H and O–H groups in total. The Morgan fingerprint density at radius 2 is 1.66 bits per heavy atom. The van der Waals surface area contributed by atoms with Gasteiger partial charge in [0.1, 0.15) is 0 Å². The number of thioether (sulfide) groups is 2. The Kier molecular flexibility index (Phi) is 8.21. The molecule has 0 spiro atoms. The Bertz CT molecular complexity index is 1010. The maximum atomic E-state index is 12.9. The lowest BCUT2D eigenvalue weighted by Crippen LogP contribution is -2.31. The van der Waals surface area contributed by atoms with E-state index >= 15 is 0 Å². The first-order valence-corrected chi connectivity index (χ1v) is 14.8. The van der Waals surface area contributed by atoms with Gasteiger partial charge < -0.3 is 5.32 Å². The molecule has 4 rings (SSSR count). The van der Waals surface area contributed by atoms with Crippen molar-refractivity contribution in [3.8, 4) is 0 Å². The van der Waals surface area contributed by atoms with Crippen molar-refractivity contribution in [3.05, 3.63) is 59.7 Å². The molecule has 172 valence electrons. The summed E-state index contributed by atoms with van der Waals surface area (Å²) in [7, 11) is -3.43. The van der Waals surface area contributed by atoms with Gasteiger partial charge in [-0.2, -0.15) is 4.31 Å². The number of hydrogen-bond donors (Lipinski definition) is 1. The maximum Gasteiger partial charge on any atom is 0.243 e. The van der Waals surface area contributed by atoms with E-state index in [2.05, 4.69) is 17.4 Å². The van der Waals surface area contributed by atoms with Crippen LogP contribution >= 0.6 is 23.5 Å². The van der Waals surface area contributed by atoms with Gasteiger partial charge in [0.05, 0.1) is 9.48 Å². The fourth-order valence-corrected chi connectivity index (χ4v) is 8.41. The molecule has 0 atom stereocenters. The van der Waals surface area contributed by atoms with Crippen LogP contribution in [0.3, 0.4) is 0 Å². The van der Waals surface area contributed by atoms with Crippen molar-refractivity contribution in [2.75, 3.05) is 29.9 Å². The number of anilines is 1. The summed E-state index contributed by atoms with van der Waals surface area (Å²) in [6.45, 7) is 1.20. The van der Waals surface area contributed by atoms with E-state index in [0.717, 1.165) is 36.9 Å². The second-order valence-corrected chi connectivity index (χ2v) is 12.9. The molecule has 8 heteroatoms. The van der Waals surface area contributed by atoms with Gasteiger partial charge in [-0.15, -0.1) is 23.5 Å². The largest absolute Gasteiger partial charge is 0.326 e. The molecular formula is C24H30N2O3S3. The van der Waals surface area contributed by atoms with Gasteiger partial charge in [-0.25, -0.2) is 8.42 Å². The number of benzene rings is 2. The van der Waals surface area contributed by atoms with E-state index in [-0.39, 0.29) is 5.91 Å². The molecule has 32 heavy (non-hydrogen) atoms. The predicted molar refractivity (Wildman–Crippen MR) is 135 cm³/mol. The van der Waals surface area contributed by atoms with Gasteiger partial charge in [-0.05, 0) is 54.7 Å². The SMILES string of the molecule is O=C(CCc1ccc(S(=O)(=O)N2CCCCCC2)cc1)Nc1cccc(C2SCCS2)c1. The molecule has 0 saturated carbocycles. The highest BCUT2D eigenvalue weighted by Gasteiger charge is 2.25. The quantitative estimate of drug-likeness (QED) is 0.570. The number of nitrogens with zero attached hydrogens (tertiary/aromatic N) is 1. The number of carbonyl (C=O) groups is 1. The van der Waals surface area contributed by atoms with E-state index in [0.29, 0.717) is 35.4 Å². The van der Waals surface area contributed by atoms with Gasteiger partial charge in [0.15, 0.2) is 0 Å². The molecule has 0 aromatic heterocycles. The summed E-state index contributed by atoms with van der Waals surface area (Å²) >= 11 is 3.90. The zero-order chi connectivity index (χ0) is 22.4. The summed E-state index contributed by atoms with van der Waals surface area (Å²) in [6.07, 6.45) is 4.96. The van der Waals surface area contributed by atoms with Gasteiger partial charge >= 0.3 is 0 Å². The lowest BCUT2D eigenvalue weighted by atomic mass is 10.1. The molecule has 5 nitrogen and oxygen atoms in total. The van der Waals surface area contributed by atoms with Crippen LogP contribution in [0.1, 0.15) is 47.8 Å². The van der Waals surface area contributed by atoms with Gasteiger partial charge in [-0.1, -0.05) is 37.1 Å². The molecule has 2 saturated heterocycles. The minimum Gasteiger partial charge on any atom is -0.326 e. The average Bonchev–Trinajstić information content (AvgIpc) is 3.20. The molecule has 2 aliphatic heterocycles. The summed E-state index contributed by atoms with van der Waals surface area (Å²) in [4.78, 5) is 12.8. The van der Waals surface area contributed by atoms with Crippen molar-refractivity contribution in [1.82, 2.24) is 4.31 Å². The molecule has 0 aliphatic carbocycles.